The molecular weight excluding hydrogens is 223 g/mol. The first-order chi connectivity index (χ1) is 6.27. The van der Waals surface area contributed by atoms with Gasteiger partial charge in [-0.25, -0.2) is 0 Å². The van der Waals surface area contributed by atoms with Crippen molar-refractivity contribution >= 4 is 34.5 Å². The number of hydrogen-bond acceptors (Lipinski definition) is 1. The summed E-state index contributed by atoms with van der Waals surface area (Å²) in [5.74, 6) is 0. The molecule has 0 fully saturated rings. The molecule has 0 atom stereocenters. The van der Waals surface area contributed by atoms with Crippen LogP contribution in [-0.2, 0) is 0 Å². The van der Waals surface area contributed by atoms with Crippen LogP contribution in [-0.4, -0.2) is 0 Å². The van der Waals surface area contributed by atoms with Crippen molar-refractivity contribution in [3.05, 3.63) is 45.8 Å². The van der Waals surface area contributed by atoms with E-state index in [1.165, 1.54) is 0 Å². The molecule has 3 heteroatoms. The summed E-state index contributed by atoms with van der Waals surface area (Å²) in [5, 5.41) is 4.21. The lowest BCUT2D eigenvalue weighted by Gasteiger charge is -1.99. The van der Waals surface area contributed by atoms with E-state index in [0.29, 0.717) is 10.0 Å². The van der Waals surface area contributed by atoms with Crippen LogP contribution in [0.3, 0.4) is 0 Å². The Labute approximate surface area is 90.7 Å². The minimum Gasteiger partial charge on any atom is -0.134 e. The lowest BCUT2D eigenvalue weighted by Crippen LogP contribution is -1.73. The third-order valence-electron chi connectivity index (χ3n) is 1.68. The summed E-state index contributed by atoms with van der Waals surface area (Å²) in [6, 6.07) is 9.52. The Hall–Kier alpha value is -0.500. The van der Waals surface area contributed by atoms with Crippen molar-refractivity contribution in [1.29, 1.82) is 0 Å². The molecule has 2 rings (SSSR count). The third-order valence-corrected chi connectivity index (χ3v) is 3.26. The molecule has 1 heterocycles. The van der Waals surface area contributed by atoms with Crippen LogP contribution in [0.25, 0.3) is 10.4 Å². The summed E-state index contributed by atoms with van der Waals surface area (Å²) in [6.07, 6.45) is 0. The first-order valence-corrected chi connectivity index (χ1v) is 5.26. The van der Waals surface area contributed by atoms with Crippen molar-refractivity contribution in [3.8, 4) is 10.4 Å². The monoisotopic (exact) mass is 227 g/mol. The number of halogens is 2. The van der Waals surface area contributed by atoms with Crippen LogP contribution >= 0.6 is 34.5 Å². The highest BCUT2D eigenvalue weighted by Gasteiger charge is 2.01. The second-order valence-corrected chi connectivity index (χ2v) is 4.24. The Morgan fingerprint density at radius 2 is 1.92 bits per heavy atom. The summed E-state index contributed by atoms with van der Waals surface area (Å²) in [5.41, 5.74) is 1.08. The van der Waals surface area contributed by atoms with Gasteiger partial charge in [-0.05, 0) is 29.8 Å². The molecule has 0 aliphatic rings. The molecule has 13 heavy (non-hydrogen) atoms. The van der Waals surface area contributed by atoms with Crippen LogP contribution in [0.1, 0.15) is 0 Å². The summed E-state index contributed by atoms with van der Waals surface area (Å²) >= 11 is 13.3. The van der Waals surface area contributed by atoms with E-state index in [2.05, 4.69) is 5.38 Å². The molecule has 0 amide bonds. The Morgan fingerprint density at radius 3 is 2.54 bits per heavy atom. The third kappa shape index (κ3) is 1.88. The van der Waals surface area contributed by atoms with E-state index < -0.39 is 0 Å². The summed E-state index contributed by atoms with van der Waals surface area (Å²) in [4.78, 5) is 1.15. The Bertz CT molecular complexity index is 407. The largest absolute Gasteiger partial charge is 0.134 e. The molecule has 65 valence electrons. The first-order valence-electron chi connectivity index (χ1n) is 3.68. The maximum atomic E-state index is 5.89. The fourth-order valence-corrected chi connectivity index (χ4v) is 1.99. The normalized spacial score (nSPS) is 10.3. The van der Waals surface area contributed by atoms with E-state index in [-0.39, 0.29) is 0 Å². The smallest absolute Gasteiger partial charge is 0.0598 e. The van der Waals surface area contributed by atoms with E-state index in [4.69, 9.17) is 23.2 Å². The zero-order valence-electron chi connectivity index (χ0n) is 6.55. The van der Waals surface area contributed by atoms with Gasteiger partial charge in [-0.1, -0.05) is 29.3 Å². The molecule has 0 nitrogen and oxygen atoms in total. The van der Waals surface area contributed by atoms with Crippen molar-refractivity contribution in [3.63, 3.8) is 0 Å². The zero-order chi connectivity index (χ0) is 9.26. The Kier molecular flexibility index (Phi) is 2.58. The predicted octanol–water partition coefficient (Wildman–Crippen LogP) is 4.52. The molecule has 2 aromatic rings. The second kappa shape index (κ2) is 3.70. The van der Waals surface area contributed by atoms with Gasteiger partial charge >= 0.3 is 0 Å². The van der Waals surface area contributed by atoms with Gasteiger partial charge in [0.05, 0.1) is 10.0 Å². The molecule has 1 aromatic heterocycles. The summed E-state index contributed by atoms with van der Waals surface area (Å²) < 4.78 is 0. The average molecular weight is 228 g/mol. The minimum atomic E-state index is 0.589. The molecule has 1 aromatic carbocycles. The van der Waals surface area contributed by atoms with Gasteiger partial charge in [0.2, 0.25) is 0 Å². The molecule has 0 aliphatic heterocycles. The molecular formula is C10H5Cl2S. The highest BCUT2D eigenvalue weighted by atomic mass is 35.5. The number of benzene rings is 1. The predicted molar refractivity (Wildman–Crippen MR) is 58.6 cm³/mol. The molecule has 0 spiro atoms. The van der Waals surface area contributed by atoms with Crippen molar-refractivity contribution in [1.82, 2.24) is 0 Å². The van der Waals surface area contributed by atoms with Crippen LogP contribution in [0, 0.1) is 5.38 Å². The van der Waals surface area contributed by atoms with Crippen LogP contribution in [0.5, 0.6) is 0 Å². The quantitative estimate of drug-likeness (QED) is 0.673. The van der Waals surface area contributed by atoms with Gasteiger partial charge in [0.15, 0.2) is 0 Å². The van der Waals surface area contributed by atoms with Gasteiger partial charge in [0.25, 0.3) is 0 Å². The topological polar surface area (TPSA) is 0 Å². The summed E-state index contributed by atoms with van der Waals surface area (Å²) in [6.45, 7) is 0. The lowest BCUT2D eigenvalue weighted by atomic mass is 10.2. The van der Waals surface area contributed by atoms with E-state index in [1.54, 1.807) is 17.4 Å². The fraction of sp³-hybridized carbons (Fsp3) is 0. The summed E-state index contributed by atoms with van der Waals surface area (Å²) in [7, 11) is 0. The highest BCUT2D eigenvalue weighted by Crippen LogP contribution is 2.30. The van der Waals surface area contributed by atoms with Crippen LogP contribution < -0.4 is 0 Å². The molecule has 0 bridgehead atoms. The number of rotatable bonds is 1. The van der Waals surface area contributed by atoms with Crippen molar-refractivity contribution < 1.29 is 0 Å². The standard InChI is InChI=1S/C10H5Cl2S/c11-8-4-3-7(6-9(8)12)10-2-1-5-13-10/h1-4,6H. The molecule has 0 saturated carbocycles. The minimum absolute atomic E-state index is 0.589. The maximum absolute atomic E-state index is 5.89. The van der Waals surface area contributed by atoms with Crippen LogP contribution in [0.4, 0.5) is 0 Å². The van der Waals surface area contributed by atoms with Gasteiger partial charge in [-0.3, -0.25) is 0 Å². The molecule has 0 aliphatic carbocycles. The van der Waals surface area contributed by atoms with Crippen LogP contribution in [0.2, 0.25) is 10.0 Å². The van der Waals surface area contributed by atoms with Crippen LogP contribution in [0.15, 0.2) is 30.3 Å². The SMILES string of the molecule is Clc1ccc(-c2cc[c]s2)cc1Cl. The lowest BCUT2D eigenvalue weighted by molar-refractivity contribution is 1.69. The van der Waals surface area contributed by atoms with E-state index >= 15 is 0 Å². The molecule has 0 unspecified atom stereocenters. The Balaban J connectivity index is 2.49. The Morgan fingerprint density at radius 1 is 1.08 bits per heavy atom. The van der Waals surface area contributed by atoms with Crippen molar-refractivity contribution in [2.45, 2.75) is 0 Å². The fourth-order valence-electron chi connectivity index (χ4n) is 1.05. The van der Waals surface area contributed by atoms with Gasteiger partial charge in [0, 0.05) is 10.3 Å². The van der Waals surface area contributed by atoms with E-state index in [9.17, 15) is 0 Å². The van der Waals surface area contributed by atoms with E-state index in [0.717, 1.165) is 10.4 Å². The highest BCUT2D eigenvalue weighted by molar-refractivity contribution is 7.13. The molecule has 1 radical (unpaired) electrons. The molecule has 0 saturated heterocycles. The van der Waals surface area contributed by atoms with E-state index in [1.807, 2.05) is 24.3 Å². The maximum Gasteiger partial charge on any atom is 0.0598 e. The van der Waals surface area contributed by atoms with Crippen molar-refractivity contribution in [2.75, 3.05) is 0 Å². The van der Waals surface area contributed by atoms with Crippen molar-refractivity contribution in [2.24, 2.45) is 0 Å². The number of thiophene rings is 1. The zero-order valence-corrected chi connectivity index (χ0v) is 8.88. The van der Waals surface area contributed by atoms with Gasteiger partial charge < -0.3 is 0 Å². The van der Waals surface area contributed by atoms with Gasteiger partial charge in [0.1, 0.15) is 0 Å². The average Bonchev–Trinajstić information content (AvgIpc) is 2.62. The van der Waals surface area contributed by atoms with Gasteiger partial charge in [-0.15, -0.1) is 11.3 Å². The number of hydrogen-bond donors (Lipinski definition) is 0. The first kappa shape index (κ1) is 9.07. The molecule has 0 N–H and O–H groups in total. The van der Waals surface area contributed by atoms with Gasteiger partial charge in [-0.2, -0.15) is 0 Å². The second-order valence-electron chi connectivity index (χ2n) is 2.55.